The maximum absolute atomic E-state index is 14.2. The largest absolute Gasteiger partial charge is 0.283 e. The number of halogens is 2. The van der Waals surface area contributed by atoms with Gasteiger partial charge in [-0.15, -0.1) is 0 Å². The van der Waals surface area contributed by atoms with Gasteiger partial charge in [0.2, 0.25) is 0 Å². The molecule has 6 heteroatoms. The Morgan fingerprint density at radius 3 is 2.56 bits per heavy atom. The normalized spacial score (nSPS) is 21.0. The van der Waals surface area contributed by atoms with E-state index < -0.39 is 5.82 Å². The molecule has 0 spiro atoms. The molecular formula is C21H18ClFN2OS. The molecule has 138 valence electrons. The summed E-state index contributed by atoms with van der Waals surface area (Å²) < 4.78 is 14.2. The van der Waals surface area contributed by atoms with E-state index in [2.05, 4.69) is 4.99 Å². The standard InChI is InChI=1S/C21H18ClFN2OS/c22-17-11-6-12-18(23)16(17)13-19-20(26)25(15-9-4-5-10-15)21(27-19)24-14-7-2-1-3-8-14/h1-3,6-8,11-13,15H,4-5,9-10H2/b19-13-,24-21?. The third kappa shape index (κ3) is 3.80. The predicted molar refractivity (Wildman–Crippen MR) is 110 cm³/mol. The molecule has 1 aliphatic heterocycles. The van der Waals surface area contributed by atoms with Crippen molar-refractivity contribution in [3.8, 4) is 0 Å². The van der Waals surface area contributed by atoms with Crippen molar-refractivity contribution in [2.75, 3.05) is 0 Å². The van der Waals surface area contributed by atoms with Gasteiger partial charge in [0.1, 0.15) is 5.82 Å². The molecule has 1 heterocycles. The number of hydrogen-bond donors (Lipinski definition) is 0. The minimum Gasteiger partial charge on any atom is -0.283 e. The Balaban J connectivity index is 1.74. The summed E-state index contributed by atoms with van der Waals surface area (Å²) >= 11 is 7.42. The van der Waals surface area contributed by atoms with Gasteiger partial charge in [0.15, 0.2) is 5.17 Å². The smallest absolute Gasteiger partial charge is 0.267 e. The number of aliphatic imine (C=N–C) groups is 1. The molecule has 0 N–H and O–H groups in total. The number of rotatable bonds is 3. The fraction of sp³-hybridized carbons (Fsp3) is 0.238. The van der Waals surface area contributed by atoms with Crippen LogP contribution >= 0.6 is 23.4 Å². The molecule has 2 aromatic carbocycles. The zero-order valence-electron chi connectivity index (χ0n) is 14.6. The number of thioether (sulfide) groups is 1. The van der Waals surface area contributed by atoms with Gasteiger partial charge in [-0.05, 0) is 54.9 Å². The van der Waals surface area contributed by atoms with Crippen LogP contribution in [0.3, 0.4) is 0 Å². The summed E-state index contributed by atoms with van der Waals surface area (Å²) in [4.78, 5) is 20.0. The van der Waals surface area contributed by atoms with E-state index in [-0.39, 0.29) is 22.5 Å². The van der Waals surface area contributed by atoms with Crippen molar-refractivity contribution in [1.82, 2.24) is 4.90 Å². The topological polar surface area (TPSA) is 32.7 Å². The van der Waals surface area contributed by atoms with E-state index in [1.165, 1.54) is 17.8 Å². The number of amides is 1. The third-order valence-electron chi connectivity index (χ3n) is 4.78. The van der Waals surface area contributed by atoms with Gasteiger partial charge in [-0.25, -0.2) is 9.38 Å². The van der Waals surface area contributed by atoms with Crippen LogP contribution in [0, 0.1) is 5.82 Å². The van der Waals surface area contributed by atoms with E-state index >= 15 is 0 Å². The molecule has 2 aromatic rings. The van der Waals surface area contributed by atoms with Crippen LogP contribution in [0.25, 0.3) is 6.08 Å². The van der Waals surface area contributed by atoms with Crippen LogP contribution in [-0.2, 0) is 4.79 Å². The number of amidine groups is 1. The lowest BCUT2D eigenvalue weighted by atomic mass is 10.1. The Labute approximate surface area is 166 Å². The minimum atomic E-state index is -0.440. The van der Waals surface area contributed by atoms with Gasteiger partial charge >= 0.3 is 0 Å². The van der Waals surface area contributed by atoms with Crippen molar-refractivity contribution in [1.29, 1.82) is 0 Å². The van der Waals surface area contributed by atoms with Gasteiger partial charge < -0.3 is 0 Å². The van der Waals surface area contributed by atoms with E-state index in [0.29, 0.717) is 10.1 Å². The average molecular weight is 401 g/mol. The van der Waals surface area contributed by atoms with Crippen molar-refractivity contribution < 1.29 is 9.18 Å². The van der Waals surface area contributed by atoms with Crippen LogP contribution < -0.4 is 0 Å². The molecule has 4 rings (SSSR count). The Kier molecular flexibility index (Phi) is 5.32. The summed E-state index contributed by atoms with van der Waals surface area (Å²) in [6.45, 7) is 0. The van der Waals surface area contributed by atoms with Gasteiger partial charge in [-0.1, -0.05) is 48.7 Å². The lowest BCUT2D eigenvalue weighted by Gasteiger charge is -2.22. The summed E-state index contributed by atoms with van der Waals surface area (Å²) in [5.74, 6) is -0.565. The summed E-state index contributed by atoms with van der Waals surface area (Å²) in [5.41, 5.74) is 1.03. The molecule has 27 heavy (non-hydrogen) atoms. The van der Waals surface area contributed by atoms with Crippen LogP contribution in [0.4, 0.5) is 10.1 Å². The Bertz CT molecular complexity index is 903. The van der Waals surface area contributed by atoms with E-state index in [1.807, 2.05) is 30.3 Å². The molecule has 2 fully saturated rings. The number of para-hydroxylation sites is 1. The number of carbonyl (C=O) groups is 1. The second-order valence-corrected chi connectivity index (χ2v) is 8.01. The van der Waals surface area contributed by atoms with E-state index in [4.69, 9.17) is 11.6 Å². The number of nitrogens with zero attached hydrogens (tertiary/aromatic N) is 2. The van der Waals surface area contributed by atoms with Crippen molar-refractivity contribution in [2.45, 2.75) is 31.7 Å². The van der Waals surface area contributed by atoms with Crippen molar-refractivity contribution in [3.05, 3.63) is 69.8 Å². The SMILES string of the molecule is O=C1/C(=C/c2c(F)cccc2Cl)SC(=Nc2ccccc2)N1C1CCCC1. The quantitative estimate of drug-likeness (QED) is 0.589. The number of hydrogen-bond acceptors (Lipinski definition) is 3. The maximum Gasteiger partial charge on any atom is 0.267 e. The molecule has 3 nitrogen and oxygen atoms in total. The lowest BCUT2D eigenvalue weighted by molar-refractivity contribution is -0.123. The second kappa shape index (κ2) is 7.87. The summed E-state index contributed by atoms with van der Waals surface area (Å²) in [5, 5.41) is 0.938. The van der Waals surface area contributed by atoms with E-state index in [9.17, 15) is 9.18 Å². The number of benzene rings is 2. The third-order valence-corrected chi connectivity index (χ3v) is 6.10. The second-order valence-electron chi connectivity index (χ2n) is 6.59. The van der Waals surface area contributed by atoms with Gasteiger partial charge in [0.05, 0.1) is 15.6 Å². The van der Waals surface area contributed by atoms with E-state index in [0.717, 1.165) is 31.4 Å². The monoisotopic (exact) mass is 400 g/mol. The molecule has 1 amide bonds. The molecule has 2 aliphatic rings. The average Bonchev–Trinajstić information content (AvgIpc) is 3.28. The van der Waals surface area contributed by atoms with Crippen molar-refractivity contribution >= 4 is 46.2 Å². The van der Waals surface area contributed by atoms with Crippen LogP contribution in [0.2, 0.25) is 5.02 Å². The number of carbonyl (C=O) groups excluding carboxylic acids is 1. The first-order valence-corrected chi connectivity index (χ1v) is 10.1. The molecule has 1 aliphatic carbocycles. The molecular weight excluding hydrogens is 383 g/mol. The summed E-state index contributed by atoms with van der Waals surface area (Å²) in [7, 11) is 0. The highest BCUT2D eigenvalue weighted by molar-refractivity contribution is 8.18. The predicted octanol–water partition coefficient (Wildman–Crippen LogP) is 6.03. The fourth-order valence-electron chi connectivity index (χ4n) is 3.44. The molecule has 1 saturated heterocycles. The summed E-state index contributed by atoms with van der Waals surface area (Å²) in [6.07, 6.45) is 5.69. The highest BCUT2D eigenvalue weighted by atomic mass is 35.5. The van der Waals surface area contributed by atoms with Crippen molar-refractivity contribution in [2.24, 2.45) is 4.99 Å². The van der Waals surface area contributed by atoms with Gasteiger partial charge in [-0.2, -0.15) is 0 Å². The Morgan fingerprint density at radius 1 is 1.11 bits per heavy atom. The minimum absolute atomic E-state index is 0.124. The molecule has 1 saturated carbocycles. The highest BCUT2D eigenvalue weighted by Crippen LogP contribution is 2.39. The molecule has 0 atom stereocenters. The van der Waals surface area contributed by atoms with Crippen LogP contribution in [0.15, 0.2) is 58.4 Å². The van der Waals surface area contributed by atoms with Gasteiger partial charge in [-0.3, -0.25) is 9.69 Å². The van der Waals surface area contributed by atoms with Gasteiger partial charge in [0.25, 0.3) is 5.91 Å². The Morgan fingerprint density at radius 2 is 1.85 bits per heavy atom. The Hall–Kier alpha value is -2.11. The maximum atomic E-state index is 14.2. The molecule has 0 bridgehead atoms. The first kappa shape index (κ1) is 18.3. The first-order valence-electron chi connectivity index (χ1n) is 8.94. The molecule has 0 aromatic heterocycles. The van der Waals surface area contributed by atoms with Crippen LogP contribution in [0.5, 0.6) is 0 Å². The zero-order valence-corrected chi connectivity index (χ0v) is 16.1. The summed E-state index contributed by atoms with van der Waals surface area (Å²) in [6, 6.07) is 14.2. The lowest BCUT2D eigenvalue weighted by Crippen LogP contribution is -2.37. The van der Waals surface area contributed by atoms with E-state index in [1.54, 1.807) is 23.1 Å². The molecule has 0 unspecified atom stereocenters. The molecule has 0 radical (unpaired) electrons. The first-order chi connectivity index (χ1) is 13.1. The van der Waals surface area contributed by atoms with Crippen LogP contribution in [-0.4, -0.2) is 22.0 Å². The fourth-order valence-corrected chi connectivity index (χ4v) is 4.70. The highest BCUT2D eigenvalue weighted by Gasteiger charge is 2.39. The van der Waals surface area contributed by atoms with Crippen LogP contribution in [0.1, 0.15) is 31.2 Å². The van der Waals surface area contributed by atoms with Crippen molar-refractivity contribution in [3.63, 3.8) is 0 Å². The van der Waals surface area contributed by atoms with Gasteiger partial charge in [0, 0.05) is 11.6 Å². The zero-order chi connectivity index (χ0) is 18.8.